The molecule has 0 aromatic heterocycles. The lowest BCUT2D eigenvalue weighted by Gasteiger charge is -2.55. The highest BCUT2D eigenvalue weighted by atomic mass is 16.5. The van der Waals surface area contributed by atoms with Crippen LogP contribution in [0.1, 0.15) is 39.5 Å². The normalized spacial score (nSPS) is 44.2. The molecule has 98 valence electrons. The summed E-state index contributed by atoms with van der Waals surface area (Å²) in [5.41, 5.74) is -0.912. The second-order valence-corrected chi connectivity index (χ2v) is 6.21. The fraction of sp³-hybridized carbons (Fsp3) is 0.923. The molecule has 2 aliphatic rings. The standard InChI is InChI=1S/C13H22O4/c1-12(2)6-7-13(11(16)17-3)5-4-8(14)9(12)10(13)15/h8-10,14-15H,4-7H2,1-3H3/t8-,9+,10?,13-/m1/s1. The molecule has 17 heavy (non-hydrogen) atoms. The first-order valence-electron chi connectivity index (χ1n) is 6.30. The number of carbonyl (C=O) groups is 1. The van der Waals surface area contributed by atoms with Crippen LogP contribution < -0.4 is 0 Å². The van der Waals surface area contributed by atoms with Crippen LogP contribution in [-0.4, -0.2) is 35.5 Å². The first-order chi connectivity index (χ1) is 7.85. The molecule has 2 N–H and O–H groups in total. The van der Waals surface area contributed by atoms with Crippen LogP contribution in [0.15, 0.2) is 0 Å². The number of aliphatic hydroxyl groups is 2. The van der Waals surface area contributed by atoms with E-state index in [2.05, 4.69) is 13.8 Å². The van der Waals surface area contributed by atoms with Crippen molar-refractivity contribution in [3.05, 3.63) is 0 Å². The molecule has 2 bridgehead atoms. The Labute approximate surface area is 102 Å². The van der Waals surface area contributed by atoms with E-state index in [9.17, 15) is 15.0 Å². The number of hydrogen-bond acceptors (Lipinski definition) is 4. The number of hydrogen-bond donors (Lipinski definition) is 2. The second kappa shape index (κ2) is 3.95. The van der Waals surface area contributed by atoms with Crippen molar-refractivity contribution in [3.63, 3.8) is 0 Å². The topological polar surface area (TPSA) is 66.8 Å². The maximum absolute atomic E-state index is 12.0. The maximum atomic E-state index is 12.0. The van der Waals surface area contributed by atoms with Gasteiger partial charge in [0.1, 0.15) is 0 Å². The molecule has 2 fully saturated rings. The van der Waals surface area contributed by atoms with Crippen molar-refractivity contribution >= 4 is 5.97 Å². The molecule has 2 rings (SSSR count). The summed E-state index contributed by atoms with van der Waals surface area (Å²) in [5, 5.41) is 20.6. The van der Waals surface area contributed by atoms with Crippen LogP contribution in [0.25, 0.3) is 0 Å². The van der Waals surface area contributed by atoms with Gasteiger partial charge in [-0.05, 0) is 31.1 Å². The average Bonchev–Trinajstić information content (AvgIpc) is 2.26. The van der Waals surface area contributed by atoms with Crippen molar-refractivity contribution in [1.29, 1.82) is 0 Å². The van der Waals surface area contributed by atoms with Gasteiger partial charge in [-0.1, -0.05) is 13.8 Å². The summed E-state index contributed by atoms with van der Waals surface area (Å²) in [6.45, 7) is 4.10. The van der Waals surface area contributed by atoms with E-state index in [4.69, 9.17) is 4.74 Å². The van der Waals surface area contributed by atoms with E-state index in [-0.39, 0.29) is 17.3 Å². The summed E-state index contributed by atoms with van der Waals surface area (Å²) >= 11 is 0. The predicted molar refractivity (Wildman–Crippen MR) is 62.2 cm³/mol. The van der Waals surface area contributed by atoms with Crippen LogP contribution in [0, 0.1) is 16.7 Å². The van der Waals surface area contributed by atoms with Gasteiger partial charge >= 0.3 is 5.97 Å². The molecule has 0 radical (unpaired) electrons. The Morgan fingerprint density at radius 2 is 1.88 bits per heavy atom. The predicted octanol–water partition coefficient (Wildman–Crippen LogP) is 1.10. The van der Waals surface area contributed by atoms with E-state index in [1.807, 2.05) is 0 Å². The Hall–Kier alpha value is -0.610. The van der Waals surface area contributed by atoms with Gasteiger partial charge < -0.3 is 14.9 Å². The SMILES string of the molecule is COC(=O)[C@@]12CC[C@@H](O)[C@@H](C1O)C(C)(C)CC2. The van der Waals surface area contributed by atoms with Gasteiger partial charge in [0.05, 0.1) is 24.7 Å². The van der Waals surface area contributed by atoms with Crippen molar-refractivity contribution in [3.8, 4) is 0 Å². The van der Waals surface area contributed by atoms with E-state index < -0.39 is 17.6 Å². The zero-order chi connectivity index (χ0) is 12.8. The summed E-state index contributed by atoms with van der Waals surface area (Å²) in [4.78, 5) is 12.0. The summed E-state index contributed by atoms with van der Waals surface area (Å²) < 4.78 is 4.86. The summed E-state index contributed by atoms with van der Waals surface area (Å²) in [5.74, 6) is -0.554. The van der Waals surface area contributed by atoms with E-state index in [0.29, 0.717) is 19.3 Å². The van der Waals surface area contributed by atoms with Gasteiger partial charge in [-0.15, -0.1) is 0 Å². The van der Waals surface area contributed by atoms with Gasteiger partial charge in [0.15, 0.2) is 0 Å². The Bertz CT molecular complexity index is 325. The minimum atomic E-state index is -0.789. The van der Waals surface area contributed by atoms with Crippen LogP contribution in [-0.2, 0) is 9.53 Å². The molecule has 0 aromatic rings. The van der Waals surface area contributed by atoms with Crippen LogP contribution in [0.2, 0.25) is 0 Å². The third-order valence-corrected chi connectivity index (χ3v) is 4.92. The van der Waals surface area contributed by atoms with Crippen molar-refractivity contribution < 1.29 is 19.7 Å². The third-order valence-electron chi connectivity index (χ3n) is 4.92. The molecule has 0 heterocycles. The van der Waals surface area contributed by atoms with Crippen LogP contribution in [0.4, 0.5) is 0 Å². The minimum Gasteiger partial charge on any atom is -0.469 e. The highest BCUT2D eigenvalue weighted by Crippen LogP contribution is 2.56. The van der Waals surface area contributed by atoms with Crippen molar-refractivity contribution in [2.75, 3.05) is 7.11 Å². The molecule has 0 spiro atoms. The van der Waals surface area contributed by atoms with Crippen LogP contribution in [0.3, 0.4) is 0 Å². The lowest BCUT2D eigenvalue weighted by atomic mass is 9.51. The van der Waals surface area contributed by atoms with E-state index in [1.165, 1.54) is 7.11 Å². The molecule has 0 amide bonds. The Balaban J connectivity index is 2.37. The highest BCUT2D eigenvalue weighted by molar-refractivity contribution is 5.78. The molecule has 1 unspecified atom stereocenters. The van der Waals surface area contributed by atoms with Crippen molar-refractivity contribution in [2.24, 2.45) is 16.7 Å². The molecule has 2 aliphatic carbocycles. The van der Waals surface area contributed by atoms with Gasteiger partial charge in [0, 0.05) is 5.92 Å². The fourth-order valence-corrected chi connectivity index (χ4v) is 3.75. The molecular formula is C13H22O4. The van der Waals surface area contributed by atoms with Crippen LogP contribution >= 0.6 is 0 Å². The first-order valence-corrected chi connectivity index (χ1v) is 6.30. The third kappa shape index (κ3) is 1.69. The number of carbonyl (C=O) groups excluding carboxylic acids is 1. The fourth-order valence-electron chi connectivity index (χ4n) is 3.75. The lowest BCUT2D eigenvalue weighted by molar-refractivity contribution is -0.202. The maximum Gasteiger partial charge on any atom is 0.314 e. The van der Waals surface area contributed by atoms with E-state index in [0.717, 1.165) is 6.42 Å². The van der Waals surface area contributed by atoms with Gasteiger partial charge in [-0.25, -0.2) is 0 Å². The molecule has 4 atom stereocenters. The summed E-state index contributed by atoms with van der Waals surface area (Å²) in [6, 6.07) is 0. The molecule has 0 aliphatic heterocycles. The number of rotatable bonds is 1. The summed E-state index contributed by atoms with van der Waals surface area (Å²) in [6.07, 6.45) is 1.27. The lowest BCUT2D eigenvalue weighted by Crippen LogP contribution is -2.61. The molecule has 4 nitrogen and oxygen atoms in total. The number of fused-ring (bicyclic) bond motifs is 2. The van der Waals surface area contributed by atoms with E-state index >= 15 is 0 Å². The zero-order valence-electron chi connectivity index (χ0n) is 10.8. The number of esters is 1. The second-order valence-electron chi connectivity index (χ2n) is 6.21. The quantitative estimate of drug-likeness (QED) is 0.676. The Morgan fingerprint density at radius 3 is 2.47 bits per heavy atom. The molecule has 4 heteroatoms. The van der Waals surface area contributed by atoms with Crippen molar-refractivity contribution in [1.82, 2.24) is 0 Å². The Morgan fingerprint density at radius 1 is 1.24 bits per heavy atom. The van der Waals surface area contributed by atoms with Gasteiger partial charge in [0.25, 0.3) is 0 Å². The monoisotopic (exact) mass is 242 g/mol. The number of methoxy groups -OCH3 is 1. The first kappa shape index (κ1) is 12.8. The molecule has 0 saturated heterocycles. The zero-order valence-corrected chi connectivity index (χ0v) is 10.8. The van der Waals surface area contributed by atoms with Gasteiger partial charge in [-0.3, -0.25) is 4.79 Å². The molecule has 2 saturated carbocycles. The Kier molecular flexibility index (Phi) is 2.99. The summed E-state index contributed by atoms with van der Waals surface area (Å²) in [7, 11) is 1.36. The van der Waals surface area contributed by atoms with E-state index in [1.54, 1.807) is 0 Å². The molecule has 0 aromatic carbocycles. The highest BCUT2D eigenvalue weighted by Gasteiger charge is 2.60. The van der Waals surface area contributed by atoms with Crippen LogP contribution in [0.5, 0.6) is 0 Å². The largest absolute Gasteiger partial charge is 0.469 e. The van der Waals surface area contributed by atoms with Gasteiger partial charge in [-0.2, -0.15) is 0 Å². The smallest absolute Gasteiger partial charge is 0.314 e. The molecular weight excluding hydrogens is 220 g/mol. The minimum absolute atomic E-state index is 0.128. The average molecular weight is 242 g/mol. The number of ether oxygens (including phenoxy) is 1. The number of aliphatic hydroxyl groups excluding tert-OH is 2. The van der Waals surface area contributed by atoms with Gasteiger partial charge in [0.2, 0.25) is 0 Å². The van der Waals surface area contributed by atoms with Crippen molar-refractivity contribution in [2.45, 2.75) is 51.7 Å².